The number of hydrogen-bond donors (Lipinski definition) is 1. The van der Waals surface area contributed by atoms with Crippen molar-refractivity contribution in [3.63, 3.8) is 0 Å². The van der Waals surface area contributed by atoms with Gasteiger partial charge < -0.3 is 4.74 Å². The van der Waals surface area contributed by atoms with Crippen LogP contribution in [0, 0.1) is 6.92 Å². The van der Waals surface area contributed by atoms with Crippen molar-refractivity contribution >= 4 is 22.6 Å². The highest BCUT2D eigenvalue weighted by molar-refractivity contribution is 6.04. The van der Waals surface area contributed by atoms with Gasteiger partial charge in [-0.25, -0.2) is 10.4 Å². The molecule has 0 saturated carbocycles. The molecular weight excluding hydrogens is 316 g/mol. The van der Waals surface area contributed by atoms with E-state index in [4.69, 9.17) is 4.74 Å². The molecule has 3 aromatic rings. The molecule has 0 bridgehead atoms. The number of para-hydroxylation sites is 2. The fourth-order valence-corrected chi connectivity index (χ4v) is 3.01. The smallest absolute Gasteiger partial charge is 0.262 e. The van der Waals surface area contributed by atoms with Gasteiger partial charge in [-0.15, -0.1) is 0 Å². The Morgan fingerprint density at radius 2 is 2.04 bits per heavy atom. The summed E-state index contributed by atoms with van der Waals surface area (Å²) in [5.74, 6) is 1.28. The molecule has 2 heterocycles. The number of hydrazone groups is 1. The molecule has 0 spiro atoms. The average molecular weight is 334 g/mol. The quantitative estimate of drug-likeness (QED) is 0.732. The van der Waals surface area contributed by atoms with E-state index in [0.717, 1.165) is 22.6 Å². The molecule has 0 radical (unpaired) electrons. The van der Waals surface area contributed by atoms with Crippen molar-refractivity contribution in [1.29, 1.82) is 0 Å². The molecule has 0 atom stereocenters. The van der Waals surface area contributed by atoms with Gasteiger partial charge in [0.25, 0.3) is 5.56 Å². The molecule has 1 aliphatic rings. The Bertz CT molecular complexity index is 1050. The van der Waals surface area contributed by atoms with Gasteiger partial charge in [0.15, 0.2) is 0 Å². The largest absolute Gasteiger partial charge is 0.492 e. The van der Waals surface area contributed by atoms with Gasteiger partial charge in [-0.1, -0.05) is 24.3 Å². The summed E-state index contributed by atoms with van der Waals surface area (Å²) < 4.78 is 7.23. The van der Waals surface area contributed by atoms with E-state index in [1.54, 1.807) is 13.1 Å². The van der Waals surface area contributed by atoms with Crippen LogP contribution in [0.5, 0.6) is 5.75 Å². The Balaban J connectivity index is 1.74. The molecule has 1 aliphatic heterocycles. The summed E-state index contributed by atoms with van der Waals surface area (Å²) in [6, 6.07) is 13.3. The number of ether oxygens (including phenoxy) is 1. The molecular formula is C19H18N4O2. The first-order valence-corrected chi connectivity index (χ1v) is 8.16. The summed E-state index contributed by atoms with van der Waals surface area (Å²) >= 11 is 0. The van der Waals surface area contributed by atoms with Gasteiger partial charge in [-0.3, -0.25) is 9.36 Å². The SMILES string of the molecule is Cc1cccc2c1OCCC2=NNc1nc2ccccc2c(=O)n1C. The molecule has 0 saturated heterocycles. The van der Waals surface area contributed by atoms with E-state index < -0.39 is 0 Å². The number of aryl methyl sites for hydroxylation is 1. The minimum atomic E-state index is -0.100. The number of hydrogen-bond acceptors (Lipinski definition) is 5. The second kappa shape index (κ2) is 6.05. The third-order valence-corrected chi connectivity index (χ3v) is 4.38. The van der Waals surface area contributed by atoms with E-state index in [2.05, 4.69) is 15.5 Å². The lowest BCUT2D eigenvalue weighted by molar-refractivity contribution is 0.318. The molecule has 1 aromatic heterocycles. The van der Waals surface area contributed by atoms with Crippen molar-refractivity contribution in [3.8, 4) is 5.75 Å². The predicted molar refractivity (Wildman–Crippen MR) is 98.4 cm³/mol. The van der Waals surface area contributed by atoms with Crippen molar-refractivity contribution in [1.82, 2.24) is 9.55 Å². The van der Waals surface area contributed by atoms with Crippen LogP contribution in [0.25, 0.3) is 10.9 Å². The lowest BCUT2D eigenvalue weighted by Gasteiger charge is -2.20. The highest BCUT2D eigenvalue weighted by Gasteiger charge is 2.18. The van der Waals surface area contributed by atoms with E-state index in [-0.39, 0.29) is 5.56 Å². The van der Waals surface area contributed by atoms with Gasteiger partial charge in [0.2, 0.25) is 5.95 Å². The molecule has 25 heavy (non-hydrogen) atoms. The first-order valence-electron chi connectivity index (χ1n) is 8.16. The summed E-state index contributed by atoms with van der Waals surface area (Å²) in [4.78, 5) is 17.0. The molecule has 126 valence electrons. The second-order valence-corrected chi connectivity index (χ2v) is 6.04. The minimum Gasteiger partial charge on any atom is -0.492 e. The number of nitrogens with zero attached hydrogens (tertiary/aromatic N) is 3. The van der Waals surface area contributed by atoms with Crippen molar-refractivity contribution in [2.45, 2.75) is 13.3 Å². The van der Waals surface area contributed by atoms with E-state index in [1.165, 1.54) is 4.57 Å². The number of rotatable bonds is 2. The van der Waals surface area contributed by atoms with Crippen LogP contribution in [-0.2, 0) is 7.05 Å². The molecule has 6 heteroatoms. The second-order valence-electron chi connectivity index (χ2n) is 6.04. The van der Waals surface area contributed by atoms with Crippen LogP contribution in [0.1, 0.15) is 17.5 Å². The van der Waals surface area contributed by atoms with Crippen molar-refractivity contribution < 1.29 is 4.74 Å². The zero-order valence-corrected chi connectivity index (χ0v) is 14.1. The Hall–Kier alpha value is -3.15. The van der Waals surface area contributed by atoms with Crippen molar-refractivity contribution in [2.24, 2.45) is 12.1 Å². The van der Waals surface area contributed by atoms with Crippen molar-refractivity contribution in [2.75, 3.05) is 12.0 Å². The Morgan fingerprint density at radius 3 is 2.92 bits per heavy atom. The fraction of sp³-hybridized carbons (Fsp3) is 0.211. The molecule has 1 N–H and O–H groups in total. The van der Waals surface area contributed by atoms with Crippen LogP contribution < -0.4 is 15.7 Å². The normalized spacial score (nSPS) is 15.0. The Kier molecular flexibility index (Phi) is 3.72. The zero-order chi connectivity index (χ0) is 17.4. The topological polar surface area (TPSA) is 68.5 Å². The van der Waals surface area contributed by atoms with Gasteiger partial charge in [-0.05, 0) is 30.7 Å². The predicted octanol–water partition coefficient (Wildman–Crippen LogP) is 2.84. The molecule has 0 unspecified atom stereocenters. The third kappa shape index (κ3) is 2.65. The Morgan fingerprint density at radius 1 is 1.20 bits per heavy atom. The maximum absolute atomic E-state index is 12.5. The van der Waals surface area contributed by atoms with E-state index in [9.17, 15) is 4.79 Å². The van der Waals surface area contributed by atoms with Crippen LogP contribution in [-0.4, -0.2) is 21.9 Å². The van der Waals surface area contributed by atoms with Crippen molar-refractivity contribution in [3.05, 3.63) is 63.9 Å². The van der Waals surface area contributed by atoms with Crippen LogP contribution in [0.15, 0.2) is 52.4 Å². The van der Waals surface area contributed by atoms with E-state index in [1.807, 2.05) is 43.3 Å². The van der Waals surface area contributed by atoms with Gasteiger partial charge in [0.05, 0.1) is 23.2 Å². The van der Waals surface area contributed by atoms with Gasteiger partial charge in [0.1, 0.15) is 5.75 Å². The summed E-state index contributed by atoms with van der Waals surface area (Å²) in [7, 11) is 1.69. The number of nitrogens with one attached hydrogen (secondary N) is 1. The number of fused-ring (bicyclic) bond motifs is 2. The maximum Gasteiger partial charge on any atom is 0.262 e. The molecule has 0 amide bonds. The van der Waals surface area contributed by atoms with Crippen LogP contribution in [0.2, 0.25) is 0 Å². The lowest BCUT2D eigenvalue weighted by atomic mass is 10.0. The first kappa shape index (κ1) is 15.4. The average Bonchev–Trinajstić information content (AvgIpc) is 2.64. The van der Waals surface area contributed by atoms with Crippen LogP contribution >= 0.6 is 0 Å². The maximum atomic E-state index is 12.5. The zero-order valence-electron chi connectivity index (χ0n) is 14.1. The van der Waals surface area contributed by atoms with Gasteiger partial charge in [-0.2, -0.15) is 5.10 Å². The van der Waals surface area contributed by atoms with Crippen LogP contribution in [0.4, 0.5) is 5.95 Å². The fourth-order valence-electron chi connectivity index (χ4n) is 3.01. The highest BCUT2D eigenvalue weighted by Crippen LogP contribution is 2.28. The summed E-state index contributed by atoms with van der Waals surface area (Å²) in [5.41, 5.74) is 6.47. The summed E-state index contributed by atoms with van der Waals surface area (Å²) in [5, 5.41) is 5.10. The van der Waals surface area contributed by atoms with Gasteiger partial charge >= 0.3 is 0 Å². The molecule has 0 aliphatic carbocycles. The molecule has 6 nitrogen and oxygen atoms in total. The number of benzene rings is 2. The number of aromatic nitrogens is 2. The van der Waals surface area contributed by atoms with E-state index in [0.29, 0.717) is 29.9 Å². The molecule has 2 aromatic carbocycles. The Labute approximate surface area is 144 Å². The summed E-state index contributed by atoms with van der Waals surface area (Å²) in [6.07, 6.45) is 0.699. The summed E-state index contributed by atoms with van der Waals surface area (Å²) in [6.45, 7) is 2.60. The monoisotopic (exact) mass is 334 g/mol. The van der Waals surface area contributed by atoms with Crippen LogP contribution in [0.3, 0.4) is 0 Å². The standard InChI is InChI=1S/C19H18N4O2/c1-12-6-5-8-13-16(10-11-25-17(12)13)21-22-19-20-15-9-4-3-7-14(15)18(24)23(19)2/h3-9H,10-11H2,1-2H3,(H,20,22). The third-order valence-electron chi connectivity index (χ3n) is 4.38. The van der Waals surface area contributed by atoms with Gasteiger partial charge in [0, 0.05) is 19.0 Å². The lowest BCUT2D eigenvalue weighted by Crippen LogP contribution is -2.22. The molecule has 4 rings (SSSR count). The minimum absolute atomic E-state index is 0.100. The molecule has 0 fully saturated rings. The number of anilines is 1. The first-order chi connectivity index (χ1) is 12.1. The van der Waals surface area contributed by atoms with E-state index >= 15 is 0 Å². The highest BCUT2D eigenvalue weighted by atomic mass is 16.5.